The second kappa shape index (κ2) is 4.90. The maximum Gasteiger partial charge on any atom is 0.416 e. The summed E-state index contributed by atoms with van der Waals surface area (Å²) in [6, 6.07) is 4.43. The van der Waals surface area contributed by atoms with Crippen molar-refractivity contribution < 1.29 is 18.0 Å². The van der Waals surface area contributed by atoms with Crippen LogP contribution in [-0.4, -0.2) is 12.5 Å². The number of nitrogens with zero attached hydrogens (tertiary/aromatic N) is 2. The highest BCUT2D eigenvalue weighted by Gasteiger charge is 2.34. The molecular formula is C14H9F3N2O. The number of rotatable bonds is 1. The molecule has 102 valence electrons. The standard InChI is InChI=1S/C14H9F3N2O/c1-2-9-5-13(20)19(8-9)12-4-3-11(14(15,16)17)6-10(12)7-18/h1,3-4,6,9H,5,8H2. The molecule has 1 heterocycles. The molecule has 3 nitrogen and oxygen atoms in total. The van der Waals surface area contributed by atoms with Gasteiger partial charge in [0, 0.05) is 18.9 Å². The Morgan fingerprint density at radius 1 is 1.40 bits per heavy atom. The van der Waals surface area contributed by atoms with E-state index < -0.39 is 11.7 Å². The van der Waals surface area contributed by atoms with Crippen molar-refractivity contribution in [3.63, 3.8) is 0 Å². The Hall–Kier alpha value is -2.47. The molecule has 0 saturated carbocycles. The van der Waals surface area contributed by atoms with Crippen LogP contribution < -0.4 is 4.90 Å². The summed E-state index contributed by atoms with van der Waals surface area (Å²) in [6.07, 6.45) is 0.859. The first-order valence-corrected chi connectivity index (χ1v) is 5.74. The Bertz CT molecular complexity index is 637. The highest BCUT2D eigenvalue weighted by molar-refractivity contribution is 5.97. The molecule has 0 radical (unpaired) electrons. The van der Waals surface area contributed by atoms with E-state index in [4.69, 9.17) is 11.7 Å². The maximum absolute atomic E-state index is 12.6. The van der Waals surface area contributed by atoms with Gasteiger partial charge in [-0.1, -0.05) is 0 Å². The summed E-state index contributed by atoms with van der Waals surface area (Å²) in [4.78, 5) is 13.1. The summed E-state index contributed by atoms with van der Waals surface area (Å²) in [5.41, 5.74) is -0.938. The van der Waals surface area contributed by atoms with Gasteiger partial charge in [0.1, 0.15) is 6.07 Å². The number of anilines is 1. The smallest absolute Gasteiger partial charge is 0.310 e. The minimum absolute atomic E-state index is 0.141. The van der Waals surface area contributed by atoms with Crippen molar-refractivity contribution in [1.29, 1.82) is 5.26 Å². The average Bonchev–Trinajstić information content (AvgIpc) is 2.78. The molecule has 0 N–H and O–H groups in total. The van der Waals surface area contributed by atoms with Crippen LogP contribution in [0.1, 0.15) is 17.5 Å². The predicted molar refractivity (Wildman–Crippen MR) is 65.5 cm³/mol. The van der Waals surface area contributed by atoms with E-state index in [1.165, 1.54) is 4.90 Å². The summed E-state index contributed by atoms with van der Waals surface area (Å²) < 4.78 is 37.8. The molecule has 1 aliphatic heterocycles. The lowest BCUT2D eigenvalue weighted by Crippen LogP contribution is -2.25. The molecule has 1 saturated heterocycles. The van der Waals surface area contributed by atoms with E-state index in [1.54, 1.807) is 6.07 Å². The number of nitriles is 1. The Labute approximate surface area is 113 Å². The van der Waals surface area contributed by atoms with Crippen molar-refractivity contribution in [1.82, 2.24) is 0 Å². The van der Waals surface area contributed by atoms with Crippen LogP contribution in [0.5, 0.6) is 0 Å². The minimum Gasteiger partial charge on any atom is -0.310 e. The number of alkyl halides is 3. The highest BCUT2D eigenvalue weighted by Crippen LogP contribution is 2.34. The minimum atomic E-state index is -4.53. The molecule has 0 aliphatic carbocycles. The number of hydrogen-bond acceptors (Lipinski definition) is 2. The van der Waals surface area contributed by atoms with Crippen molar-refractivity contribution in [3.8, 4) is 18.4 Å². The molecule has 1 unspecified atom stereocenters. The number of halogens is 3. The maximum atomic E-state index is 12.6. The Kier molecular flexibility index (Phi) is 3.42. The van der Waals surface area contributed by atoms with Crippen LogP contribution in [0.2, 0.25) is 0 Å². The average molecular weight is 278 g/mol. The van der Waals surface area contributed by atoms with E-state index in [2.05, 4.69) is 5.92 Å². The third-order valence-electron chi connectivity index (χ3n) is 3.10. The Morgan fingerprint density at radius 3 is 2.60 bits per heavy atom. The van der Waals surface area contributed by atoms with Gasteiger partial charge in [-0.3, -0.25) is 4.79 Å². The third-order valence-corrected chi connectivity index (χ3v) is 3.10. The lowest BCUT2D eigenvalue weighted by molar-refractivity contribution is -0.137. The van der Waals surface area contributed by atoms with E-state index in [1.807, 2.05) is 0 Å². The van der Waals surface area contributed by atoms with Gasteiger partial charge in [0.2, 0.25) is 5.91 Å². The fourth-order valence-corrected chi connectivity index (χ4v) is 2.09. The van der Waals surface area contributed by atoms with Crippen molar-refractivity contribution in [2.45, 2.75) is 12.6 Å². The second-order valence-corrected chi connectivity index (χ2v) is 4.41. The molecule has 0 bridgehead atoms. The molecule has 0 spiro atoms. The first kappa shape index (κ1) is 14.0. The van der Waals surface area contributed by atoms with Crippen LogP contribution >= 0.6 is 0 Å². The third kappa shape index (κ3) is 2.46. The van der Waals surface area contributed by atoms with Crippen molar-refractivity contribution >= 4 is 11.6 Å². The topological polar surface area (TPSA) is 44.1 Å². The van der Waals surface area contributed by atoms with Gasteiger partial charge >= 0.3 is 6.18 Å². The van der Waals surface area contributed by atoms with Gasteiger partial charge < -0.3 is 4.90 Å². The van der Waals surface area contributed by atoms with Crippen LogP contribution in [0.15, 0.2) is 18.2 Å². The first-order chi connectivity index (χ1) is 9.36. The molecule has 1 aromatic carbocycles. The molecule has 1 atom stereocenters. The summed E-state index contributed by atoms with van der Waals surface area (Å²) in [5, 5.41) is 8.98. The van der Waals surface area contributed by atoms with Crippen LogP contribution in [0, 0.1) is 29.6 Å². The molecule has 20 heavy (non-hydrogen) atoms. The number of hydrogen-bond donors (Lipinski definition) is 0. The number of amides is 1. The number of terminal acetylenes is 1. The summed E-state index contributed by atoms with van der Waals surface area (Å²) in [6.45, 7) is 0.218. The van der Waals surface area contributed by atoms with E-state index in [0.717, 1.165) is 18.2 Å². The van der Waals surface area contributed by atoms with Gasteiger partial charge in [0.15, 0.2) is 0 Å². The monoisotopic (exact) mass is 278 g/mol. The van der Waals surface area contributed by atoms with Crippen LogP contribution in [0.25, 0.3) is 0 Å². The summed E-state index contributed by atoms with van der Waals surface area (Å²) >= 11 is 0. The molecule has 6 heteroatoms. The summed E-state index contributed by atoms with van der Waals surface area (Å²) in [5.74, 6) is 1.87. The van der Waals surface area contributed by atoms with Crippen LogP contribution in [-0.2, 0) is 11.0 Å². The van der Waals surface area contributed by atoms with Gasteiger partial charge in [0.25, 0.3) is 0 Å². The van der Waals surface area contributed by atoms with Gasteiger partial charge in [-0.2, -0.15) is 18.4 Å². The molecule has 2 rings (SSSR count). The first-order valence-electron chi connectivity index (χ1n) is 5.74. The van der Waals surface area contributed by atoms with Crippen LogP contribution in [0.3, 0.4) is 0 Å². The number of carbonyl (C=O) groups is 1. The van der Waals surface area contributed by atoms with E-state index >= 15 is 0 Å². The lowest BCUT2D eigenvalue weighted by Gasteiger charge is -2.18. The summed E-state index contributed by atoms with van der Waals surface area (Å²) in [7, 11) is 0. The quantitative estimate of drug-likeness (QED) is 0.741. The highest BCUT2D eigenvalue weighted by atomic mass is 19.4. The fourth-order valence-electron chi connectivity index (χ4n) is 2.09. The Morgan fingerprint density at radius 2 is 2.10 bits per heavy atom. The number of benzene rings is 1. The second-order valence-electron chi connectivity index (χ2n) is 4.41. The van der Waals surface area contributed by atoms with Crippen molar-refractivity contribution in [2.75, 3.05) is 11.4 Å². The van der Waals surface area contributed by atoms with E-state index in [-0.39, 0.29) is 36.0 Å². The molecule has 1 fully saturated rings. The number of carbonyl (C=O) groups excluding carboxylic acids is 1. The van der Waals surface area contributed by atoms with Crippen molar-refractivity contribution in [2.24, 2.45) is 5.92 Å². The largest absolute Gasteiger partial charge is 0.416 e. The van der Waals surface area contributed by atoms with Gasteiger partial charge in [0.05, 0.1) is 16.8 Å². The zero-order valence-electron chi connectivity index (χ0n) is 10.2. The van der Waals surface area contributed by atoms with E-state index in [9.17, 15) is 18.0 Å². The van der Waals surface area contributed by atoms with Gasteiger partial charge in [-0.15, -0.1) is 12.3 Å². The molecule has 1 aromatic rings. The Balaban J connectivity index is 2.42. The zero-order chi connectivity index (χ0) is 14.9. The van der Waals surface area contributed by atoms with Gasteiger partial charge in [-0.25, -0.2) is 0 Å². The molecule has 1 aliphatic rings. The molecular weight excluding hydrogens is 269 g/mol. The molecule has 0 aromatic heterocycles. The van der Waals surface area contributed by atoms with E-state index in [0.29, 0.717) is 0 Å². The zero-order valence-corrected chi connectivity index (χ0v) is 10.2. The fraction of sp³-hybridized carbons (Fsp3) is 0.286. The molecule has 1 amide bonds. The SMILES string of the molecule is C#CC1CC(=O)N(c2ccc(C(F)(F)F)cc2C#N)C1. The lowest BCUT2D eigenvalue weighted by atomic mass is 10.1. The normalized spacial score (nSPS) is 18.8. The van der Waals surface area contributed by atoms with Gasteiger partial charge in [-0.05, 0) is 18.2 Å². The van der Waals surface area contributed by atoms with Crippen molar-refractivity contribution in [3.05, 3.63) is 29.3 Å². The van der Waals surface area contributed by atoms with Crippen LogP contribution in [0.4, 0.5) is 18.9 Å². The predicted octanol–water partition coefficient (Wildman–Crippen LogP) is 2.56.